The zero-order chi connectivity index (χ0) is 14.8. The van der Waals surface area contributed by atoms with Crippen LogP contribution in [0.3, 0.4) is 0 Å². The lowest BCUT2D eigenvalue weighted by Crippen LogP contribution is -2.05. The molecule has 3 rings (SSSR count). The molecule has 0 atom stereocenters. The molecule has 0 aliphatic heterocycles. The van der Waals surface area contributed by atoms with E-state index in [0.29, 0.717) is 12.1 Å². The van der Waals surface area contributed by atoms with Crippen molar-refractivity contribution >= 4 is 22.6 Å². The molecular formula is C16H15N3O2. The molecule has 0 amide bonds. The number of methoxy groups -OCH3 is 1. The fourth-order valence-corrected chi connectivity index (χ4v) is 2.35. The Kier molecular flexibility index (Phi) is 3.31. The molecule has 106 valence electrons. The first-order valence-electron chi connectivity index (χ1n) is 6.55. The van der Waals surface area contributed by atoms with Gasteiger partial charge in [-0.1, -0.05) is 12.1 Å². The highest BCUT2D eigenvalue weighted by Gasteiger charge is 2.08. The van der Waals surface area contributed by atoms with Crippen LogP contribution in [0.4, 0.5) is 5.69 Å². The van der Waals surface area contributed by atoms with Crippen molar-refractivity contribution in [2.45, 2.75) is 6.54 Å². The summed E-state index contributed by atoms with van der Waals surface area (Å²) in [5.41, 5.74) is 9.06. The number of anilines is 1. The third-order valence-corrected chi connectivity index (χ3v) is 3.40. The molecule has 5 heteroatoms. The molecular weight excluding hydrogens is 266 g/mol. The summed E-state index contributed by atoms with van der Waals surface area (Å²) in [5, 5.41) is 1.10. The highest BCUT2D eigenvalue weighted by Crippen LogP contribution is 2.22. The van der Waals surface area contributed by atoms with Gasteiger partial charge < -0.3 is 15.0 Å². The summed E-state index contributed by atoms with van der Waals surface area (Å²) in [7, 11) is 1.35. The summed E-state index contributed by atoms with van der Waals surface area (Å²) < 4.78 is 6.70. The van der Waals surface area contributed by atoms with Crippen LogP contribution in [0.1, 0.15) is 16.1 Å². The van der Waals surface area contributed by atoms with Crippen molar-refractivity contribution in [3.05, 3.63) is 60.0 Å². The number of nitrogens with two attached hydrogens (primary N) is 1. The predicted octanol–water partition coefficient (Wildman–Crippen LogP) is 2.45. The molecule has 3 aromatic rings. The number of nitrogen functional groups attached to an aromatic ring is 1. The Bertz CT molecular complexity index is 791. The molecule has 0 bridgehead atoms. The van der Waals surface area contributed by atoms with Gasteiger partial charge in [-0.15, -0.1) is 0 Å². The topological polar surface area (TPSA) is 70.1 Å². The van der Waals surface area contributed by atoms with E-state index in [1.807, 2.05) is 41.1 Å². The van der Waals surface area contributed by atoms with Crippen molar-refractivity contribution < 1.29 is 9.53 Å². The fraction of sp³-hybridized carbons (Fsp3) is 0.125. The lowest BCUT2D eigenvalue weighted by atomic mass is 10.2. The Balaban J connectivity index is 1.90. The van der Waals surface area contributed by atoms with Crippen LogP contribution in [-0.4, -0.2) is 22.6 Å². The summed E-state index contributed by atoms with van der Waals surface area (Å²) in [6.45, 7) is 0.596. The fourth-order valence-electron chi connectivity index (χ4n) is 2.35. The lowest BCUT2D eigenvalue weighted by molar-refractivity contribution is 0.0600. The Morgan fingerprint density at radius 3 is 2.86 bits per heavy atom. The van der Waals surface area contributed by atoms with E-state index in [1.54, 1.807) is 6.07 Å². The number of carbonyl (C=O) groups is 1. The van der Waals surface area contributed by atoms with Gasteiger partial charge in [-0.25, -0.2) is 4.79 Å². The Morgan fingerprint density at radius 2 is 2.14 bits per heavy atom. The number of carbonyl (C=O) groups excluding carboxylic acids is 1. The Hall–Kier alpha value is -2.82. The molecule has 2 N–H and O–H groups in total. The SMILES string of the molecule is COC(=O)c1ccc(Cn2ccc3cccc(N)c32)nc1. The molecule has 0 radical (unpaired) electrons. The highest BCUT2D eigenvalue weighted by molar-refractivity contribution is 5.90. The maximum absolute atomic E-state index is 11.4. The van der Waals surface area contributed by atoms with Gasteiger partial charge in [-0.05, 0) is 24.3 Å². The summed E-state index contributed by atoms with van der Waals surface area (Å²) >= 11 is 0. The highest BCUT2D eigenvalue weighted by atomic mass is 16.5. The maximum atomic E-state index is 11.4. The van der Waals surface area contributed by atoms with Crippen LogP contribution in [-0.2, 0) is 11.3 Å². The van der Waals surface area contributed by atoms with Crippen LogP contribution in [0, 0.1) is 0 Å². The van der Waals surface area contributed by atoms with Crippen molar-refractivity contribution in [2.75, 3.05) is 12.8 Å². The smallest absolute Gasteiger partial charge is 0.339 e. The number of esters is 1. The van der Waals surface area contributed by atoms with E-state index in [1.165, 1.54) is 13.3 Å². The Morgan fingerprint density at radius 1 is 1.29 bits per heavy atom. The molecule has 2 aromatic heterocycles. The number of rotatable bonds is 3. The third kappa shape index (κ3) is 2.45. The Labute approximate surface area is 122 Å². The number of nitrogens with zero attached hydrogens (tertiary/aromatic N) is 2. The molecule has 2 heterocycles. The van der Waals surface area contributed by atoms with Gasteiger partial charge in [0.2, 0.25) is 0 Å². The van der Waals surface area contributed by atoms with E-state index in [4.69, 9.17) is 5.73 Å². The average Bonchev–Trinajstić information content (AvgIpc) is 2.92. The number of ether oxygens (including phenoxy) is 1. The zero-order valence-electron chi connectivity index (χ0n) is 11.6. The van der Waals surface area contributed by atoms with E-state index >= 15 is 0 Å². The quantitative estimate of drug-likeness (QED) is 0.591. The van der Waals surface area contributed by atoms with E-state index in [2.05, 4.69) is 9.72 Å². The first-order valence-corrected chi connectivity index (χ1v) is 6.55. The molecule has 0 aliphatic rings. The number of fused-ring (bicyclic) bond motifs is 1. The number of pyridine rings is 1. The molecule has 5 nitrogen and oxygen atoms in total. The van der Waals surface area contributed by atoms with Crippen LogP contribution in [0.25, 0.3) is 10.9 Å². The third-order valence-electron chi connectivity index (χ3n) is 3.40. The van der Waals surface area contributed by atoms with Gasteiger partial charge >= 0.3 is 5.97 Å². The van der Waals surface area contributed by atoms with Crippen LogP contribution in [0.15, 0.2) is 48.8 Å². The average molecular weight is 281 g/mol. The maximum Gasteiger partial charge on any atom is 0.339 e. The molecule has 0 fully saturated rings. The van der Waals surface area contributed by atoms with Crippen molar-refractivity contribution in [1.82, 2.24) is 9.55 Å². The standard InChI is InChI=1S/C16H15N3O2/c1-21-16(20)12-5-6-13(18-9-12)10-19-8-7-11-3-2-4-14(17)15(11)19/h2-9H,10,17H2,1H3. The van der Waals surface area contributed by atoms with Gasteiger partial charge in [0, 0.05) is 17.8 Å². The molecule has 0 unspecified atom stereocenters. The number of para-hydroxylation sites is 1. The van der Waals surface area contributed by atoms with Crippen molar-refractivity contribution in [1.29, 1.82) is 0 Å². The second-order valence-corrected chi connectivity index (χ2v) is 4.76. The number of benzene rings is 1. The largest absolute Gasteiger partial charge is 0.465 e. The molecule has 0 spiro atoms. The summed E-state index contributed by atoms with van der Waals surface area (Å²) in [6, 6.07) is 11.4. The van der Waals surface area contributed by atoms with E-state index in [0.717, 1.165) is 22.3 Å². The van der Waals surface area contributed by atoms with Crippen molar-refractivity contribution in [3.63, 3.8) is 0 Å². The first-order chi connectivity index (χ1) is 10.2. The molecule has 0 saturated heterocycles. The van der Waals surface area contributed by atoms with Crippen molar-refractivity contribution in [2.24, 2.45) is 0 Å². The molecule has 0 saturated carbocycles. The van der Waals surface area contributed by atoms with Gasteiger partial charge in [0.25, 0.3) is 0 Å². The summed E-state index contributed by atoms with van der Waals surface area (Å²) in [5.74, 6) is -0.385. The van der Waals surface area contributed by atoms with Gasteiger partial charge in [0.05, 0.1) is 36.1 Å². The van der Waals surface area contributed by atoms with E-state index in [-0.39, 0.29) is 5.97 Å². The first kappa shape index (κ1) is 13.2. The molecule has 21 heavy (non-hydrogen) atoms. The second-order valence-electron chi connectivity index (χ2n) is 4.76. The monoisotopic (exact) mass is 281 g/mol. The van der Waals surface area contributed by atoms with Gasteiger partial charge in [0.15, 0.2) is 0 Å². The minimum atomic E-state index is -0.385. The van der Waals surface area contributed by atoms with Crippen LogP contribution in [0.2, 0.25) is 0 Å². The summed E-state index contributed by atoms with van der Waals surface area (Å²) in [6.07, 6.45) is 3.51. The molecule has 1 aromatic carbocycles. The second kappa shape index (κ2) is 5.28. The van der Waals surface area contributed by atoms with E-state index in [9.17, 15) is 4.79 Å². The molecule has 0 aliphatic carbocycles. The zero-order valence-corrected chi connectivity index (χ0v) is 11.6. The number of hydrogen-bond donors (Lipinski definition) is 1. The van der Waals surface area contributed by atoms with Gasteiger partial charge in [-0.3, -0.25) is 4.98 Å². The lowest BCUT2D eigenvalue weighted by Gasteiger charge is -2.07. The van der Waals surface area contributed by atoms with Gasteiger partial charge in [-0.2, -0.15) is 0 Å². The van der Waals surface area contributed by atoms with Gasteiger partial charge in [0.1, 0.15) is 0 Å². The van der Waals surface area contributed by atoms with Crippen LogP contribution < -0.4 is 5.73 Å². The van der Waals surface area contributed by atoms with Crippen LogP contribution >= 0.6 is 0 Å². The van der Waals surface area contributed by atoms with Crippen LogP contribution in [0.5, 0.6) is 0 Å². The minimum absolute atomic E-state index is 0.385. The van der Waals surface area contributed by atoms with E-state index < -0.39 is 0 Å². The summed E-state index contributed by atoms with van der Waals surface area (Å²) in [4.78, 5) is 15.7. The number of hydrogen-bond acceptors (Lipinski definition) is 4. The van der Waals surface area contributed by atoms with Crippen molar-refractivity contribution in [3.8, 4) is 0 Å². The normalized spacial score (nSPS) is 10.7. The predicted molar refractivity (Wildman–Crippen MR) is 81.0 cm³/mol. The number of aromatic nitrogens is 2. The minimum Gasteiger partial charge on any atom is -0.465 e.